The highest BCUT2D eigenvalue weighted by atomic mass is 127. The first-order valence-corrected chi connectivity index (χ1v) is 10.4. The fourth-order valence-electron chi connectivity index (χ4n) is 2.90. The first-order valence-electron chi connectivity index (χ1n) is 10.4. The number of hydrogen-bond acceptors (Lipinski definition) is 4. The molecule has 1 aliphatic rings. The Morgan fingerprint density at radius 2 is 2.07 bits per heavy atom. The molecule has 1 atom stereocenters. The second kappa shape index (κ2) is 13.3. The summed E-state index contributed by atoms with van der Waals surface area (Å²) in [5, 5.41) is 6.68. The molecule has 2 N–H and O–H groups in total. The van der Waals surface area contributed by atoms with E-state index in [1.54, 1.807) is 0 Å². The Balaban J connectivity index is 0.00000420. The summed E-state index contributed by atoms with van der Waals surface area (Å²) < 4.78 is 17.3. The number of aryl methyl sites for hydroxylation is 1. The lowest BCUT2D eigenvalue weighted by atomic mass is 10.1. The molecule has 0 aliphatic carbocycles. The topological polar surface area (TPSA) is 64.1 Å². The van der Waals surface area contributed by atoms with Gasteiger partial charge in [0.2, 0.25) is 0 Å². The number of aliphatic imine (C=N–C) groups is 1. The van der Waals surface area contributed by atoms with Crippen LogP contribution in [0.3, 0.4) is 0 Å². The maximum Gasteiger partial charge on any atom is 0.191 e. The zero-order chi connectivity index (χ0) is 20.4. The number of nitrogens with one attached hydrogen (secondary N) is 2. The summed E-state index contributed by atoms with van der Waals surface area (Å²) in [5.74, 6) is 1.72. The van der Waals surface area contributed by atoms with Crippen molar-refractivity contribution >= 4 is 29.9 Å². The predicted octanol–water partition coefficient (Wildman–Crippen LogP) is 4.04. The monoisotopic (exact) mass is 519 g/mol. The minimum absolute atomic E-state index is 0. The summed E-state index contributed by atoms with van der Waals surface area (Å²) >= 11 is 0. The van der Waals surface area contributed by atoms with E-state index in [0.29, 0.717) is 6.54 Å². The molecule has 1 saturated heterocycles. The third-order valence-corrected chi connectivity index (χ3v) is 4.25. The number of benzene rings is 1. The summed E-state index contributed by atoms with van der Waals surface area (Å²) in [6, 6.07) is 6.28. The summed E-state index contributed by atoms with van der Waals surface area (Å²) in [6.45, 7) is 14.8. The molecule has 7 heteroatoms. The van der Waals surface area contributed by atoms with Gasteiger partial charge in [-0.15, -0.1) is 24.0 Å². The summed E-state index contributed by atoms with van der Waals surface area (Å²) in [5.41, 5.74) is 2.03. The number of guanidine groups is 1. The van der Waals surface area contributed by atoms with Crippen molar-refractivity contribution in [2.75, 3.05) is 32.9 Å². The molecule has 6 nitrogen and oxygen atoms in total. The van der Waals surface area contributed by atoms with Crippen LogP contribution >= 0.6 is 24.0 Å². The van der Waals surface area contributed by atoms with Crippen LogP contribution in [0.1, 0.15) is 51.7 Å². The molecule has 1 heterocycles. The molecule has 1 aromatic carbocycles. The first kappa shape index (κ1) is 26.0. The quantitative estimate of drug-likeness (QED) is 0.223. The van der Waals surface area contributed by atoms with Gasteiger partial charge >= 0.3 is 0 Å². The standard InChI is InChI=1S/C22H37N3O3.HI/c1-6-23-21(24-11-7-12-27-19-10-13-26-16-19)25-15-18-9-8-17(2)14-20(18)28-22(3,4)5;/h8-9,14,19H,6-7,10-13,15-16H2,1-5H3,(H2,23,24,25);1H. The van der Waals surface area contributed by atoms with E-state index in [-0.39, 0.29) is 35.7 Å². The number of halogens is 1. The van der Waals surface area contributed by atoms with Crippen molar-refractivity contribution in [3.63, 3.8) is 0 Å². The van der Waals surface area contributed by atoms with Gasteiger partial charge in [-0.25, -0.2) is 4.99 Å². The molecule has 0 aromatic heterocycles. The van der Waals surface area contributed by atoms with Crippen molar-refractivity contribution in [2.45, 2.75) is 65.7 Å². The Labute approximate surface area is 193 Å². The molecular formula is C22H38IN3O3. The molecule has 2 rings (SSSR count). The second-order valence-electron chi connectivity index (χ2n) is 8.16. The molecule has 0 saturated carbocycles. The molecule has 1 unspecified atom stereocenters. The van der Waals surface area contributed by atoms with Crippen LogP contribution in [0, 0.1) is 6.92 Å². The molecule has 0 spiro atoms. The van der Waals surface area contributed by atoms with Crippen molar-refractivity contribution in [3.8, 4) is 5.75 Å². The van der Waals surface area contributed by atoms with Crippen LogP contribution in [0.5, 0.6) is 5.75 Å². The lowest BCUT2D eigenvalue weighted by Gasteiger charge is -2.23. The van der Waals surface area contributed by atoms with Crippen molar-refractivity contribution < 1.29 is 14.2 Å². The van der Waals surface area contributed by atoms with Crippen LogP contribution in [0.4, 0.5) is 0 Å². The SMILES string of the molecule is CCNC(=NCc1ccc(C)cc1OC(C)(C)C)NCCCOC1CCOC1.I. The lowest BCUT2D eigenvalue weighted by molar-refractivity contribution is 0.0420. The van der Waals surface area contributed by atoms with Crippen LogP contribution < -0.4 is 15.4 Å². The molecule has 0 amide bonds. The lowest BCUT2D eigenvalue weighted by Crippen LogP contribution is -2.38. The van der Waals surface area contributed by atoms with Crippen LogP contribution in [-0.4, -0.2) is 50.6 Å². The van der Waals surface area contributed by atoms with Gasteiger partial charge in [-0.3, -0.25) is 0 Å². The molecule has 1 aliphatic heterocycles. The van der Waals surface area contributed by atoms with Gasteiger partial charge in [0.1, 0.15) is 11.4 Å². The third kappa shape index (κ3) is 10.5. The van der Waals surface area contributed by atoms with Gasteiger partial charge in [0.25, 0.3) is 0 Å². The molecular weight excluding hydrogens is 481 g/mol. The second-order valence-corrected chi connectivity index (χ2v) is 8.16. The highest BCUT2D eigenvalue weighted by molar-refractivity contribution is 14.0. The third-order valence-electron chi connectivity index (χ3n) is 4.25. The summed E-state index contributed by atoms with van der Waals surface area (Å²) in [7, 11) is 0. The van der Waals surface area contributed by atoms with Gasteiger partial charge in [-0.1, -0.05) is 12.1 Å². The van der Waals surface area contributed by atoms with E-state index in [4.69, 9.17) is 19.2 Å². The maximum atomic E-state index is 6.13. The van der Waals surface area contributed by atoms with Gasteiger partial charge in [0.05, 0.1) is 19.3 Å². The molecule has 166 valence electrons. The number of hydrogen-bond donors (Lipinski definition) is 2. The zero-order valence-electron chi connectivity index (χ0n) is 18.5. The van der Waals surface area contributed by atoms with Crippen molar-refractivity contribution in [3.05, 3.63) is 29.3 Å². The van der Waals surface area contributed by atoms with E-state index >= 15 is 0 Å². The average molecular weight is 519 g/mol. The minimum Gasteiger partial charge on any atom is -0.488 e. The Morgan fingerprint density at radius 3 is 2.72 bits per heavy atom. The molecule has 1 aromatic rings. The maximum absolute atomic E-state index is 6.13. The van der Waals surface area contributed by atoms with Crippen molar-refractivity contribution in [1.29, 1.82) is 0 Å². The van der Waals surface area contributed by atoms with Crippen LogP contribution in [0.25, 0.3) is 0 Å². The average Bonchev–Trinajstić information content (AvgIpc) is 3.12. The van der Waals surface area contributed by atoms with E-state index in [0.717, 1.165) is 63.0 Å². The number of rotatable bonds is 9. The molecule has 1 fully saturated rings. The highest BCUT2D eigenvalue weighted by Crippen LogP contribution is 2.25. The fourth-order valence-corrected chi connectivity index (χ4v) is 2.90. The van der Waals surface area contributed by atoms with Crippen LogP contribution in [0.15, 0.2) is 23.2 Å². The van der Waals surface area contributed by atoms with E-state index < -0.39 is 0 Å². The van der Waals surface area contributed by atoms with Crippen LogP contribution in [-0.2, 0) is 16.0 Å². The fraction of sp³-hybridized carbons (Fsp3) is 0.682. The summed E-state index contributed by atoms with van der Waals surface area (Å²) in [6.07, 6.45) is 2.21. The first-order chi connectivity index (χ1) is 13.4. The number of ether oxygens (including phenoxy) is 3. The van der Waals surface area contributed by atoms with Gasteiger partial charge in [-0.2, -0.15) is 0 Å². The number of nitrogens with zero attached hydrogens (tertiary/aromatic N) is 1. The Bertz CT molecular complexity index is 626. The Hall–Kier alpha value is -1.06. The van der Waals surface area contributed by atoms with Gasteiger partial charge in [-0.05, 0) is 59.1 Å². The largest absolute Gasteiger partial charge is 0.488 e. The predicted molar refractivity (Wildman–Crippen MR) is 130 cm³/mol. The van der Waals surface area contributed by atoms with Crippen LogP contribution in [0.2, 0.25) is 0 Å². The van der Waals surface area contributed by atoms with Gasteiger partial charge in [0.15, 0.2) is 5.96 Å². The van der Waals surface area contributed by atoms with E-state index in [1.807, 2.05) is 0 Å². The summed E-state index contributed by atoms with van der Waals surface area (Å²) in [4.78, 5) is 4.73. The van der Waals surface area contributed by atoms with E-state index in [1.165, 1.54) is 5.56 Å². The van der Waals surface area contributed by atoms with Gasteiger partial charge < -0.3 is 24.8 Å². The highest BCUT2D eigenvalue weighted by Gasteiger charge is 2.16. The Morgan fingerprint density at radius 1 is 1.28 bits per heavy atom. The molecule has 0 bridgehead atoms. The van der Waals surface area contributed by atoms with Crippen molar-refractivity contribution in [1.82, 2.24) is 10.6 Å². The zero-order valence-corrected chi connectivity index (χ0v) is 20.9. The van der Waals surface area contributed by atoms with E-state index in [2.05, 4.69) is 63.5 Å². The van der Waals surface area contributed by atoms with Crippen molar-refractivity contribution in [2.24, 2.45) is 4.99 Å². The smallest absolute Gasteiger partial charge is 0.191 e. The molecule has 29 heavy (non-hydrogen) atoms. The van der Waals surface area contributed by atoms with Gasteiger partial charge in [0, 0.05) is 31.9 Å². The minimum atomic E-state index is -0.237. The normalized spacial score (nSPS) is 17.0. The molecule has 0 radical (unpaired) electrons. The Kier molecular flexibility index (Phi) is 11.9. The van der Waals surface area contributed by atoms with E-state index in [9.17, 15) is 0 Å².